The summed E-state index contributed by atoms with van der Waals surface area (Å²) in [6, 6.07) is 15.3. The molecular weight excluding hydrogens is 262 g/mol. The second kappa shape index (κ2) is 5.67. The SMILES string of the molecule is C=CCOc1ccc(/C=C2/C(=O)Nc3ccccc32)cc1. The van der Waals surface area contributed by atoms with E-state index in [0.717, 1.165) is 22.6 Å². The molecule has 3 rings (SSSR count). The van der Waals surface area contributed by atoms with Gasteiger partial charge in [0.1, 0.15) is 12.4 Å². The predicted octanol–water partition coefficient (Wildman–Crippen LogP) is 3.74. The summed E-state index contributed by atoms with van der Waals surface area (Å²) in [5.74, 6) is 0.719. The molecule has 0 aliphatic carbocycles. The molecule has 3 nitrogen and oxygen atoms in total. The maximum absolute atomic E-state index is 12.0. The van der Waals surface area contributed by atoms with Crippen LogP contribution in [0.25, 0.3) is 11.6 Å². The van der Waals surface area contributed by atoms with Gasteiger partial charge in [-0.1, -0.05) is 43.0 Å². The minimum atomic E-state index is -0.0665. The number of amides is 1. The molecule has 1 heterocycles. The van der Waals surface area contributed by atoms with E-state index in [1.54, 1.807) is 6.08 Å². The average Bonchev–Trinajstić information content (AvgIpc) is 2.83. The Morgan fingerprint density at radius 2 is 1.86 bits per heavy atom. The molecule has 1 aliphatic heterocycles. The van der Waals surface area contributed by atoms with Gasteiger partial charge in [-0.2, -0.15) is 0 Å². The number of hydrogen-bond donors (Lipinski definition) is 1. The average molecular weight is 277 g/mol. The summed E-state index contributed by atoms with van der Waals surface area (Å²) in [6.45, 7) is 4.09. The van der Waals surface area contributed by atoms with Gasteiger partial charge in [-0.15, -0.1) is 0 Å². The number of ether oxygens (including phenoxy) is 1. The second-order valence-electron chi connectivity index (χ2n) is 4.73. The van der Waals surface area contributed by atoms with Crippen molar-refractivity contribution < 1.29 is 9.53 Å². The minimum absolute atomic E-state index is 0.0665. The Bertz CT molecular complexity index is 714. The van der Waals surface area contributed by atoms with Crippen LogP contribution in [0.5, 0.6) is 5.75 Å². The van der Waals surface area contributed by atoms with E-state index in [1.807, 2.05) is 54.6 Å². The van der Waals surface area contributed by atoms with E-state index in [9.17, 15) is 4.79 Å². The van der Waals surface area contributed by atoms with E-state index in [0.29, 0.717) is 12.2 Å². The van der Waals surface area contributed by atoms with Gasteiger partial charge in [-0.25, -0.2) is 0 Å². The quantitative estimate of drug-likeness (QED) is 0.683. The molecule has 2 aromatic carbocycles. The topological polar surface area (TPSA) is 38.3 Å². The fraction of sp³-hybridized carbons (Fsp3) is 0.0556. The highest BCUT2D eigenvalue weighted by atomic mass is 16.5. The highest BCUT2D eigenvalue weighted by Gasteiger charge is 2.23. The smallest absolute Gasteiger partial charge is 0.256 e. The van der Waals surface area contributed by atoms with Crippen LogP contribution in [-0.4, -0.2) is 12.5 Å². The number of benzene rings is 2. The van der Waals surface area contributed by atoms with Crippen LogP contribution in [0.15, 0.2) is 61.2 Å². The van der Waals surface area contributed by atoms with E-state index < -0.39 is 0 Å². The molecule has 3 heteroatoms. The molecule has 1 amide bonds. The highest BCUT2D eigenvalue weighted by molar-refractivity contribution is 6.34. The standard InChI is InChI=1S/C18H15NO2/c1-2-11-21-14-9-7-13(8-10-14)12-16-15-5-3-4-6-17(15)19-18(16)20/h2-10,12H,1,11H2,(H,19,20)/b16-12+. The van der Waals surface area contributed by atoms with Crippen molar-refractivity contribution in [1.82, 2.24) is 0 Å². The molecule has 0 saturated carbocycles. The molecular formula is C18H15NO2. The van der Waals surface area contributed by atoms with Crippen molar-refractivity contribution in [3.63, 3.8) is 0 Å². The molecule has 1 N–H and O–H groups in total. The third-order valence-corrected chi connectivity index (χ3v) is 3.27. The van der Waals surface area contributed by atoms with Crippen LogP contribution in [0.3, 0.4) is 0 Å². The number of para-hydroxylation sites is 1. The number of anilines is 1. The van der Waals surface area contributed by atoms with Crippen molar-refractivity contribution in [3.05, 3.63) is 72.3 Å². The number of carbonyl (C=O) groups is 1. The summed E-state index contributed by atoms with van der Waals surface area (Å²) in [7, 11) is 0. The van der Waals surface area contributed by atoms with Gasteiger partial charge >= 0.3 is 0 Å². The van der Waals surface area contributed by atoms with Crippen molar-refractivity contribution in [2.45, 2.75) is 0 Å². The molecule has 0 fully saturated rings. The van der Waals surface area contributed by atoms with Crippen molar-refractivity contribution in [2.24, 2.45) is 0 Å². The van der Waals surface area contributed by atoms with Crippen molar-refractivity contribution >= 4 is 23.2 Å². The lowest BCUT2D eigenvalue weighted by Crippen LogP contribution is -2.03. The zero-order valence-electron chi connectivity index (χ0n) is 11.5. The number of fused-ring (bicyclic) bond motifs is 1. The molecule has 0 saturated heterocycles. The first-order chi connectivity index (χ1) is 10.3. The van der Waals surface area contributed by atoms with Crippen LogP contribution in [0.4, 0.5) is 5.69 Å². The van der Waals surface area contributed by atoms with Gasteiger partial charge in [0.05, 0.1) is 0 Å². The lowest BCUT2D eigenvalue weighted by atomic mass is 10.0. The first-order valence-electron chi connectivity index (χ1n) is 6.74. The Balaban J connectivity index is 1.88. The van der Waals surface area contributed by atoms with Gasteiger partial charge in [0.15, 0.2) is 0 Å². The minimum Gasteiger partial charge on any atom is -0.490 e. The van der Waals surface area contributed by atoms with Crippen LogP contribution < -0.4 is 10.1 Å². The van der Waals surface area contributed by atoms with Gasteiger partial charge < -0.3 is 10.1 Å². The maximum atomic E-state index is 12.0. The molecule has 2 aromatic rings. The summed E-state index contributed by atoms with van der Waals surface area (Å²) in [5.41, 5.74) is 3.45. The summed E-state index contributed by atoms with van der Waals surface area (Å²) in [6.07, 6.45) is 3.59. The molecule has 104 valence electrons. The maximum Gasteiger partial charge on any atom is 0.256 e. The number of carbonyl (C=O) groups excluding carboxylic acids is 1. The zero-order valence-corrected chi connectivity index (χ0v) is 11.5. The Labute approximate surface area is 123 Å². The Kier molecular flexibility index (Phi) is 3.56. The normalized spacial score (nSPS) is 14.7. The van der Waals surface area contributed by atoms with Gasteiger partial charge in [0.2, 0.25) is 0 Å². The molecule has 0 atom stereocenters. The fourth-order valence-electron chi connectivity index (χ4n) is 2.26. The highest BCUT2D eigenvalue weighted by Crippen LogP contribution is 2.32. The summed E-state index contributed by atoms with van der Waals surface area (Å²) < 4.78 is 5.44. The van der Waals surface area contributed by atoms with Gasteiger partial charge in [0, 0.05) is 16.8 Å². The lowest BCUT2D eigenvalue weighted by molar-refractivity contribution is -0.110. The Hall–Kier alpha value is -2.81. The van der Waals surface area contributed by atoms with Gasteiger partial charge in [-0.05, 0) is 29.8 Å². The second-order valence-corrected chi connectivity index (χ2v) is 4.73. The molecule has 0 spiro atoms. The summed E-state index contributed by atoms with van der Waals surface area (Å²) in [5, 5.41) is 2.86. The molecule has 21 heavy (non-hydrogen) atoms. The number of rotatable bonds is 4. The lowest BCUT2D eigenvalue weighted by Gasteiger charge is -2.03. The zero-order chi connectivity index (χ0) is 14.7. The third kappa shape index (κ3) is 2.72. The van der Waals surface area contributed by atoms with Crippen LogP contribution in [0, 0.1) is 0 Å². The summed E-state index contributed by atoms with van der Waals surface area (Å²) >= 11 is 0. The van der Waals surface area contributed by atoms with E-state index in [2.05, 4.69) is 11.9 Å². The Morgan fingerprint density at radius 1 is 1.10 bits per heavy atom. The predicted molar refractivity (Wildman–Crippen MR) is 85.1 cm³/mol. The van der Waals surface area contributed by atoms with E-state index in [1.165, 1.54) is 0 Å². The van der Waals surface area contributed by atoms with Crippen LogP contribution >= 0.6 is 0 Å². The first kappa shape index (κ1) is 13.2. The molecule has 0 unspecified atom stereocenters. The van der Waals surface area contributed by atoms with Crippen LogP contribution in [0.2, 0.25) is 0 Å². The number of hydrogen-bond acceptors (Lipinski definition) is 2. The van der Waals surface area contributed by atoms with E-state index >= 15 is 0 Å². The van der Waals surface area contributed by atoms with Gasteiger partial charge in [0.25, 0.3) is 5.91 Å². The van der Waals surface area contributed by atoms with Crippen molar-refractivity contribution in [2.75, 3.05) is 11.9 Å². The molecule has 0 aromatic heterocycles. The molecule has 0 radical (unpaired) electrons. The van der Waals surface area contributed by atoms with Crippen LogP contribution in [-0.2, 0) is 4.79 Å². The van der Waals surface area contributed by atoms with E-state index in [4.69, 9.17) is 4.74 Å². The summed E-state index contributed by atoms with van der Waals surface area (Å²) in [4.78, 5) is 12.0. The van der Waals surface area contributed by atoms with Gasteiger partial charge in [-0.3, -0.25) is 4.79 Å². The molecule has 0 bridgehead atoms. The van der Waals surface area contributed by atoms with Crippen molar-refractivity contribution in [1.29, 1.82) is 0 Å². The van der Waals surface area contributed by atoms with E-state index in [-0.39, 0.29) is 5.91 Å². The monoisotopic (exact) mass is 277 g/mol. The first-order valence-corrected chi connectivity index (χ1v) is 6.74. The number of nitrogens with one attached hydrogen (secondary N) is 1. The van der Waals surface area contributed by atoms with Crippen molar-refractivity contribution in [3.8, 4) is 5.75 Å². The Morgan fingerprint density at radius 3 is 2.62 bits per heavy atom. The molecule has 1 aliphatic rings. The largest absolute Gasteiger partial charge is 0.490 e. The third-order valence-electron chi connectivity index (χ3n) is 3.27. The fourth-order valence-corrected chi connectivity index (χ4v) is 2.26. The van der Waals surface area contributed by atoms with Crippen LogP contribution in [0.1, 0.15) is 11.1 Å².